The fourth-order valence-electron chi connectivity index (χ4n) is 3.52. The summed E-state index contributed by atoms with van der Waals surface area (Å²) in [6.07, 6.45) is 5.16. The minimum atomic E-state index is -0.283. The Labute approximate surface area is 176 Å². The molecule has 1 aromatic heterocycles. The van der Waals surface area contributed by atoms with E-state index in [1.807, 2.05) is 42.5 Å². The van der Waals surface area contributed by atoms with E-state index in [1.165, 1.54) is 21.8 Å². The molecular formula is C20H20N4O3S2. The van der Waals surface area contributed by atoms with Crippen LogP contribution in [0.25, 0.3) is 0 Å². The van der Waals surface area contributed by atoms with Gasteiger partial charge < -0.3 is 5.32 Å². The van der Waals surface area contributed by atoms with Crippen molar-refractivity contribution in [2.75, 3.05) is 11.9 Å². The second-order valence-corrected chi connectivity index (χ2v) is 9.13. The zero-order valence-electron chi connectivity index (χ0n) is 15.6. The molecule has 1 saturated heterocycles. The van der Waals surface area contributed by atoms with Gasteiger partial charge in [-0.1, -0.05) is 65.6 Å². The van der Waals surface area contributed by atoms with E-state index in [2.05, 4.69) is 15.5 Å². The molecule has 29 heavy (non-hydrogen) atoms. The van der Waals surface area contributed by atoms with E-state index < -0.39 is 0 Å². The van der Waals surface area contributed by atoms with Crippen molar-refractivity contribution in [2.45, 2.75) is 29.4 Å². The fourth-order valence-corrected chi connectivity index (χ4v) is 5.25. The molecule has 150 valence electrons. The normalized spacial score (nSPS) is 20.8. The van der Waals surface area contributed by atoms with Crippen molar-refractivity contribution in [3.63, 3.8) is 0 Å². The Kier molecular flexibility index (Phi) is 6.05. The lowest BCUT2D eigenvalue weighted by molar-refractivity contribution is -0.140. The molecule has 2 aromatic rings. The maximum atomic E-state index is 12.4. The number of nitrogens with zero attached hydrogens (tertiary/aromatic N) is 3. The number of carbonyl (C=O) groups excluding carboxylic acids is 3. The average molecular weight is 429 g/mol. The number of nitrogens with one attached hydrogen (secondary N) is 1. The summed E-state index contributed by atoms with van der Waals surface area (Å²) in [5.74, 6) is -0.347. The van der Waals surface area contributed by atoms with Crippen LogP contribution in [0, 0.1) is 11.8 Å². The molecule has 7 nitrogen and oxygen atoms in total. The molecule has 1 aliphatic heterocycles. The number of rotatable bonds is 7. The van der Waals surface area contributed by atoms with Crippen LogP contribution in [0.1, 0.15) is 24.8 Å². The van der Waals surface area contributed by atoms with Gasteiger partial charge in [0, 0.05) is 18.7 Å². The highest BCUT2D eigenvalue weighted by molar-refractivity contribution is 8.00. The van der Waals surface area contributed by atoms with E-state index in [0.29, 0.717) is 18.0 Å². The van der Waals surface area contributed by atoms with Crippen molar-refractivity contribution in [2.24, 2.45) is 11.8 Å². The molecule has 2 aliphatic rings. The van der Waals surface area contributed by atoms with Gasteiger partial charge in [-0.25, -0.2) is 0 Å². The number of anilines is 1. The first kappa shape index (κ1) is 19.8. The summed E-state index contributed by atoms with van der Waals surface area (Å²) < 4.78 is 0.769. The van der Waals surface area contributed by atoms with Gasteiger partial charge in [0.1, 0.15) is 0 Å². The molecule has 0 radical (unpaired) electrons. The van der Waals surface area contributed by atoms with Gasteiger partial charge in [0.15, 0.2) is 4.34 Å². The minimum Gasteiger partial charge on any atom is -0.300 e. The first-order valence-electron chi connectivity index (χ1n) is 9.42. The molecule has 0 spiro atoms. The van der Waals surface area contributed by atoms with Crippen molar-refractivity contribution in [3.05, 3.63) is 48.0 Å². The third-order valence-electron chi connectivity index (χ3n) is 5.02. The van der Waals surface area contributed by atoms with Crippen molar-refractivity contribution in [1.29, 1.82) is 0 Å². The van der Waals surface area contributed by atoms with Crippen molar-refractivity contribution < 1.29 is 14.4 Å². The lowest BCUT2D eigenvalue weighted by Gasteiger charge is -2.14. The SMILES string of the molecule is O=C(CCN1C(=O)[C@H]2CC=CC[C@H]2C1=O)Nc1nnc(SCc2ccccc2)s1. The van der Waals surface area contributed by atoms with Crippen LogP contribution >= 0.6 is 23.1 Å². The lowest BCUT2D eigenvalue weighted by Crippen LogP contribution is -2.34. The quantitative estimate of drug-likeness (QED) is 0.315. The van der Waals surface area contributed by atoms with Gasteiger partial charge in [-0.15, -0.1) is 10.2 Å². The molecule has 0 saturated carbocycles. The van der Waals surface area contributed by atoms with Crippen LogP contribution in [0.3, 0.4) is 0 Å². The van der Waals surface area contributed by atoms with Gasteiger partial charge in [-0.05, 0) is 18.4 Å². The van der Waals surface area contributed by atoms with Crippen LogP contribution in [-0.2, 0) is 20.1 Å². The molecule has 0 unspecified atom stereocenters. The summed E-state index contributed by atoms with van der Waals surface area (Å²) in [6, 6.07) is 10.0. The van der Waals surface area contributed by atoms with E-state index >= 15 is 0 Å². The number of likely N-dealkylation sites (tertiary alicyclic amines) is 1. The molecule has 3 amide bonds. The van der Waals surface area contributed by atoms with Crippen LogP contribution in [-0.4, -0.2) is 39.4 Å². The summed E-state index contributed by atoms with van der Waals surface area (Å²) >= 11 is 2.87. The number of aromatic nitrogens is 2. The third-order valence-corrected chi connectivity index (χ3v) is 7.06. The number of imide groups is 1. The van der Waals surface area contributed by atoms with Gasteiger partial charge in [0.2, 0.25) is 22.9 Å². The molecular weight excluding hydrogens is 408 g/mol. The first-order chi connectivity index (χ1) is 14.1. The Morgan fingerprint density at radius 3 is 2.48 bits per heavy atom. The highest BCUT2D eigenvalue weighted by Gasteiger charge is 2.46. The van der Waals surface area contributed by atoms with Gasteiger partial charge in [0.05, 0.1) is 11.8 Å². The Morgan fingerprint density at radius 1 is 1.10 bits per heavy atom. The number of fused-ring (bicyclic) bond motifs is 1. The Bertz CT molecular complexity index is 918. The number of thioether (sulfide) groups is 1. The summed E-state index contributed by atoms with van der Waals surface area (Å²) in [4.78, 5) is 38.3. The van der Waals surface area contributed by atoms with Crippen LogP contribution < -0.4 is 5.32 Å². The van der Waals surface area contributed by atoms with Gasteiger partial charge in [-0.2, -0.15) is 0 Å². The topological polar surface area (TPSA) is 92.3 Å². The maximum Gasteiger partial charge on any atom is 0.233 e. The standard InChI is InChI=1S/C20H20N4O3S2/c25-16(10-11-24-17(26)14-8-4-5-9-15(14)18(24)27)21-19-22-23-20(29-19)28-12-13-6-2-1-3-7-13/h1-7,14-15H,8-12H2,(H,21,22,25)/t14-,15+. The maximum absolute atomic E-state index is 12.4. The second-order valence-electron chi connectivity index (χ2n) is 6.93. The number of amides is 3. The first-order valence-corrected chi connectivity index (χ1v) is 11.2. The highest BCUT2D eigenvalue weighted by Crippen LogP contribution is 2.35. The molecule has 2 heterocycles. The molecule has 1 fully saturated rings. The summed E-state index contributed by atoms with van der Waals surface area (Å²) in [6.45, 7) is 0.102. The van der Waals surface area contributed by atoms with E-state index in [-0.39, 0.29) is 42.5 Å². The van der Waals surface area contributed by atoms with Crippen molar-refractivity contribution >= 4 is 46.0 Å². The van der Waals surface area contributed by atoms with E-state index in [4.69, 9.17) is 0 Å². The van der Waals surface area contributed by atoms with E-state index in [9.17, 15) is 14.4 Å². The molecule has 9 heteroatoms. The molecule has 1 N–H and O–H groups in total. The summed E-state index contributed by atoms with van der Waals surface area (Å²) in [5, 5.41) is 11.2. The van der Waals surface area contributed by atoms with E-state index in [0.717, 1.165) is 10.1 Å². The molecule has 1 aliphatic carbocycles. The van der Waals surface area contributed by atoms with Crippen LogP contribution in [0.4, 0.5) is 5.13 Å². The molecule has 2 atom stereocenters. The van der Waals surface area contributed by atoms with E-state index in [1.54, 1.807) is 11.8 Å². The number of hydrogen-bond acceptors (Lipinski definition) is 7. The number of carbonyl (C=O) groups is 3. The second kappa shape index (κ2) is 8.87. The molecule has 4 rings (SSSR count). The predicted molar refractivity (Wildman–Crippen MR) is 111 cm³/mol. The Hall–Kier alpha value is -2.52. The smallest absolute Gasteiger partial charge is 0.233 e. The minimum absolute atomic E-state index is 0.0520. The third kappa shape index (κ3) is 4.56. The van der Waals surface area contributed by atoms with Crippen molar-refractivity contribution in [1.82, 2.24) is 15.1 Å². The Balaban J connectivity index is 1.25. The fraction of sp³-hybridized carbons (Fsp3) is 0.350. The monoisotopic (exact) mass is 428 g/mol. The predicted octanol–water partition coefficient (Wildman–Crippen LogP) is 3.11. The van der Waals surface area contributed by atoms with Crippen molar-refractivity contribution in [3.8, 4) is 0 Å². The zero-order valence-corrected chi connectivity index (χ0v) is 17.2. The summed E-state index contributed by atoms with van der Waals surface area (Å²) in [7, 11) is 0. The van der Waals surface area contributed by atoms with Crippen LogP contribution in [0.15, 0.2) is 46.8 Å². The highest BCUT2D eigenvalue weighted by atomic mass is 32.2. The Morgan fingerprint density at radius 2 is 1.79 bits per heavy atom. The number of hydrogen-bond donors (Lipinski definition) is 1. The molecule has 0 bridgehead atoms. The largest absolute Gasteiger partial charge is 0.300 e. The van der Waals surface area contributed by atoms with Crippen LogP contribution in [0.5, 0.6) is 0 Å². The summed E-state index contributed by atoms with van der Waals surface area (Å²) in [5.41, 5.74) is 1.19. The van der Waals surface area contributed by atoms with Gasteiger partial charge in [0.25, 0.3) is 0 Å². The average Bonchev–Trinajstić information content (AvgIpc) is 3.29. The number of benzene rings is 1. The lowest BCUT2D eigenvalue weighted by atomic mass is 9.85. The van der Waals surface area contributed by atoms with Gasteiger partial charge in [-0.3, -0.25) is 19.3 Å². The van der Waals surface area contributed by atoms with Gasteiger partial charge >= 0.3 is 0 Å². The zero-order chi connectivity index (χ0) is 20.2. The number of allylic oxidation sites excluding steroid dienone is 2. The van der Waals surface area contributed by atoms with Crippen LogP contribution in [0.2, 0.25) is 0 Å². The molecule has 1 aromatic carbocycles.